The summed E-state index contributed by atoms with van der Waals surface area (Å²) in [5, 5.41) is 5.66. The first-order chi connectivity index (χ1) is 8.16. The molecule has 0 aliphatic rings. The van der Waals surface area contributed by atoms with Crippen molar-refractivity contribution in [3.63, 3.8) is 0 Å². The van der Waals surface area contributed by atoms with E-state index in [2.05, 4.69) is 55.7 Å². The highest BCUT2D eigenvalue weighted by molar-refractivity contribution is 7.10. The molecule has 2 heteroatoms. The van der Waals surface area contributed by atoms with Crippen LogP contribution in [0, 0.1) is 20.8 Å². The molecule has 1 aromatic carbocycles. The number of thiophene rings is 1. The van der Waals surface area contributed by atoms with Crippen LogP contribution in [-0.2, 0) is 13.1 Å². The van der Waals surface area contributed by atoms with Crippen LogP contribution in [0.3, 0.4) is 0 Å². The molecule has 0 aliphatic carbocycles. The monoisotopic (exact) mass is 245 g/mol. The molecule has 0 radical (unpaired) electrons. The molecule has 0 fully saturated rings. The smallest absolute Gasteiger partial charge is 0.0305 e. The van der Waals surface area contributed by atoms with Gasteiger partial charge in [0.25, 0.3) is 0 Å². The first-order valence-corrected chi connectivity index (χ1v) is 6.84. The maximum Gasteiger partial charge on any atom is 0.0305 e. The van der Waals surface area contributed by atoms with Crippen LogP contribution in [0.5, 0.6) is 0 Å². The van der Waals surface area contributed by atoms with Gasteiger partial charge in [-0.2, -0.15) is 0 Å². The average molecular weight is 245 g/mol. The van der Waals surface area contributed by atoms with Gasteiger partial charge < -0.3 is 5.32 Å². The second kappa shape index (κ2) is 5.48. The zero-order chi connectivity index (χ0) is 12.3. The third-order valence-corrected chi connectivity index (χ3v) is 4.18. The lowest BCUT2D eigenvalue weighted by Crippen LogP contribution is -2.12. The molecule has 0 atom stereocenters. The zero-order valence-corrected chi connectivity index (χ0v) is 11.5. The van der Waals surface area contributed by atoms with Gasteiger partial charge in [-0.3, -0.25) is 0 Å². The van der Waals surface area contributed by atoms with Gasteiger partial charge in [0.05, 0.1) is 0 Å². The van der Waals surface area contributed by atoms with E-state index in [9.17, 15) is 0 Å². The van der Waals surface area contributed by atoms with E-state index >= 15 is 0 Å². The number of nitrogens with one attached hydrogen (secondary N) is 1. The van der Waals surface area contributed by atoms with E-state index in [0.29, 0.717) is 0 Å². The fourth-order valence-electron chi connectivity index (χ4n) is 1.82. The topological polar surface area (TPSA) is 12.0 Å². The Bertz CT molecular complexity index is 499. The quantitative estimate of drug-likeness (QED) is 0.859. The van der Waals surface area contributed by atoms with Crippen LogP contribution in [0.1, 0.15) is 27.1 Å². The van der Waals surface area contributed by atoms with E-state index in [4.69, 9.17) is 0 Å². The number of rotatable bonds is 4. The molecule has 0 aliphatic heterocycles. The fourth-order valence-corrected chi connectivity index (χ4v) is 2.69. The highest BCUT2D eigenvalue weighted by Gasteiger charge is 2.00. The third-order valence-electron chi connectivity index (χ3n) is 3.15. The lowest BCUT2D eigenvalue weighted by atomic mass is 10.1. The minimum Gasteiger partial charge on any atom is -0.308 e. The predicted molar refractivity (Wildman–Crippen MR) is 75.5 cm³/mol. The van der Waals surface area contributed by atoms with Crippen molar-refractivity contribution in [1.29, 1.82) is 0 Å². The van der Waals surface area contributed by atoms with Crippen molar-refractivity contribution in [1.82, 2.24) is 5.32 Å². The van der Waals surface area contributed by atoms with Gasteiger partial charge in [-0.25, -0.2) is 0 Å². The number of benzene rings is 1. The van der Waals surface area contributed by atoms with Crippen molar-refractivity contribution in [2.45, 2.75) is 33.9 Å². The molecular weight excluding hydrogens is 226 g/mol. The largest absolute Gasteiger partial charge is 0.308 e. The summed E-state index contributed by atoms with van der Waals surface area (Å²) in [4.78, 5) is 1.44. The third kappa shape index (κ3) is 3.18. The summed E-state index contributed by atoms with van der Waals surface area (Å²) < 4.78 is 0. The molecule has 2 rings (SSSR count). The standard InChI is InChI=1S/C15H19NS/c1-11-4-5-14(8-13(11)3)9-16-10-15-12(2)6-7-17-15/h4-8,16H,9-10H2,1-3H3. The van der Waals surface area contributed by atoms with E-state index in [1.54, 1.807) is 0 Å². The molecule has 2 aromatic rings. The van der Waals surface area contributed by atoms with Crippen molar-refractivity contribution in [3.8, 4) is 0 Å². The van der Waals surface area contributed by atoms with Crippen LogP contribution in [0.15, 0.2) is 29.6 Å². The number of hydrogen-bond donors (Lipinski definition) is 1. The van der Waals surface area contributed by atoms with Crippen molar-refractivity contribution < 1.29 is 0 Å². The molecule has 0 bridgehead atoms. The van der Waals surface area contributed by atoms with Crippen LogP contribution in [0.25, 0.3) is 0 Å². The maximum absolute atomic E-state index is 3.50. The maximum atomic E-state index is 3.50. The second-order valence-corrected chi connectivity index (χ2v) is 5.55. The van der Waals surface area contributed by atoms with E-state index in [1.807, 2.05) is 11.3 Å². The lowest BCUT2D eigenvalue weighted by molar-refractivity contribution is 0.698. The Morgan fingerprint density at radius 3 is 2.41 bits per heavy atom. The van der Waals surface area contributed by atoms with Gasteiger partial charge in [0.2, 0.25) is 0 Å². The second-order valence-electron chi connectivity index (χ2n) is 4.55. The minimum absolute atomic E-state index is 0.943. The van der Waals surface area contributed by atoms with E-state index in [0.717, 1.165) is 13.1 Å². The number of hydrogen-bond acceptors (Lipinski definition) is 2. The van der Waals surface area contributed by atoms with Gasteiger partial charge in [0, 0.05) is 18.0 Å². The van der Waals surface area contributed by atoms with Crippen molar-refractivity contribution in [3.05, 3.63) is 56.8 Å². The molecule has 1 aromatic heterocycles. The summed E-state index contributed by atoms with van der Waals surface area (Å²) >= 11 is 1.83. The molecule has 0 saturated heterocycles. The van der Waals surface area contributed by atoms with Gasteiger partial charge in [-0.1, -0.05) is 18.2 Å². The van der Waals surface area contributed by atoms with Gasteiger partial charge in [-0.15, -0.1) is 11.3 Å². The summed E-state index contributed by atoms with van der Waals surface area (Å²) in [6.45, 7) is 8.40. The van der Waals surface area contributed by atoms with Crippen molar-refractivity contribution in [2.75, 3.05) is 0 Å². The van der Waals surface area contributed by atoms with Gasteiger partial charge >= 0.3 is 0 Å². The Hall–Kier alpha value is -1.12. The summed E-state index contributed by atoms with van der Waals surface area (Å²) in [6.07, 6.45) is 0. The Balaban J connectivity index is 1.90. The molecule has 1 nitrogen and oxygen atoms in total. The van der Waals surface area contributed by atoms with Crippen LogP contribution in [0.4, 0.5) is 0 Å². The summed E-state index contributed by atoms with van der Waals surface area (Å²) in [5.74, 6) is 0. The van der Waals surface area contributed by atoms with Gasteiger partial charge in [-0.05, 0) is 54.5 Å². The first-order valence-electron chi connectivity index (χ1n) is 5.96. The van der Waals surface area contributed by atoms with Gasteiger partial charge in [0.1, 0.15) is 0 Å². The van der Waals surface area contributed by atoms with E-state index in [1.165, 1.54) is 27.1 Å². The molecule has 90 valence electrons. The molecule has 0 saturated carbocycles. The SMILES string of the molecule is Cc1ccc(CNCc2sccc2C)cc1C. The first kappa shape index (κ1) is 12.3. The average Bonchev–Trinajstić information content (AvgIpc) is 2.70. The lowest BCUT2D eigenvalue weighted by Gasteiger charge is -2.07. The Kier molecular flexibility index (Phi) is 3.97. The highest BCUT2D eigenvalue weighted by Crippen LogP contribution is 2.15. The fraction of sp³-hybridized carbons (Fsp3) is 0.333. The summed E-state index contributed by atoms with van der Waals surface area (Å²) in [5.41, 5.74) is 5.49. The Labute approximate surface area is 108 Å². The van der Waals surface area contributed by atoms with Crippen LogP contribution in [0.2, 0.25) is 0 Å². The van der Waals surface area contributed by atoms with Crippen LogP contribution >= 0.6 is 11.3 Å². The molecule has 0 amide bonds. The van der Waals surface area contributed by atoms with Crippen LogP contribution in [-0.4, -0.2) is 0 Å². The normalized spacial score (nSPS) is 10.8. The molecule has 0 spiro atoms. The predicted octanol–water partition coefficient (Wildman–Crippen LogP) is 3.96. The molecule has 0 unspecified atom stereocenters. The van der Waals surface area contributed by atoms with Crippen molar-refractivity contribution in [2.24, 2.45) is 0 Å². The minimum atomic E-state index is 0.943. The Morgan fingerprint density at radius 2 is 1.76 bits per heavy atom. The Morgan fingerprint density at radius 1 is 0.941 bits per heavy atom. The van der Waals surface area contributed by atoms with E-state index in [-0.39, 0.29) is 0 Å². The summed E-state index contributed by atoms with van der Waals surface area (Å²) in [7, 11) is 0. The molecule has 17 heavy (non-hydrogen) atoms. The highest BCUT2D eigenvalue weighted by atomic mass is 32.1. The molecule has 1 N–H and O–H groups in total. The van der Waals surface area contributed by atoms with Gasteiger partial charge in [0.15, 0.2) is 0 Å². The molecular formula is C15H19NS. The number of aryl methyl sites for hydroxylation is 3. The van der Waals surface area contributed by atoms with Crippen molar-refractivity contribution >= 4 is 11.3 Å². The van der Waals surface area contributed by atoms with E-state index < -0.39 is 0 Å². The zero-order valence-electron chi connectivity index (χ0n) is 10.7. The summed E-state index contributed by atoms with van der Waals surface area (Å²) in [6, 6.07) is 8.85. The van der Waals surface area contributed by atoms with Crippen LogP contribution < -0.4 is 5.32 Å². The molecule has 1 heterocycles.